The van der Waals surface area contributed by atoms with Crippen LogP contribution in [0.3, 0.4) is 0 Å². The molecule has 2 rings (SSSR count). The molecule has 0 unspecified atom stereocenters. The largest absolute Gasteiger partial charge is 0.478 e. The number of benzene rings is 1. The van der Waals surface area contributed by atoms with Gasteiger partial charge in [0.25, 0.3) is 0 Å². The Kier molecular flexibility index (Phi) is 2.36. The molecule has 3 N–H and O–H groups in total. The first-order valence-corrected chi connectivity index (χ1v) is 5.70. The van der Waals surface area contributed by atoms with Gasteiger partial charge in [-0.2, -0.15) is 0 Å². The molecule has 3 nitrogen and oxygen atoms in total. The highest BCUT2D eigenvalue weighted by molar-refractivity contribution is 14.1. The van der Waals surface area contributed by atoms with Crippen LogP contribution in [0.4, 0.5) is 5.00 Å². The van der Waals surface area contributed by atoms with Crippen LogP contribution in [0.5, 0.6) is 0 Å². The number of halogens is 1. The minimum Gasteiger partial charge on any atom is -0.478 e. The Morgan fingerprint density at radius 2 is 2.21 bits per heavy atom. The Labute approximate surface area is 97.7 Å². The number of aromatic carboxylic acids is 1. The van der Waals surface area contributed by atoms with Crippen LogP contribution >= 0.6 is 33.9 Å². The van der Waals surface area contributed by atoms with Crippen molar-refractivity contribution >= 4 is 55.0 Å². The Hall–Kier alpha value is -0.820. The summed E-state index contributed by atoms with van der Waals surface area (Å²) in [6, 6.07) is 5.56. The minimum atomic E-state index is -0.962. The number of anilines is 1. The van der Waals surface area contributed by atoms with Gasteiger partial charge in [-0.25, -0.2) is 4.79 Å². The Morgan fingerprint density at radius 3 is 2.86 bits per heavy atom. The first-order chi connectivity index (χ1) is 6.61. The van der Waals surface area contributed by atoms with Gasteiger partial charge >= 0.3 is 5.97 Å². The molecule has 0 radical (unpaired) electrons. The van der Waals surface area contributed by atoms with Gasteiger partial charge in [-0.15, -0.1) is 11.3 Å². The number of hydrogen-bond acceptors (Lipinski definition) is 3. The SMILES string of the molecule is Nc1sc2c(I)cccc2c1C(=O)O. The highest BCUT2D eigenvalue weighted by atomic mass is 127. The average Bonchev–Trinajstić information content (AvgIpc) is 2.42. The van der Waals surface area contributed by atoms with E-state index in [2.05, 4.69) is 22.6 Å². The van der Waals surface area contributed by atoms with Gasteiger partial charge in [0, 0.05) is 8.96 Å². The predicted octanol–water partition coefficient (Wildman–Crippen LogP) is 2.79. The maximum absolute atomic E-state index is 10.9. The molecule has 0 aliphatic carbocycles. The van der Waals surface area contributed by atoms with Crippen LogP contribution in [0.2, 0.25) is 0 Å². The normalized spacial score (nSPS) is 10.6. The number of fused-ring (bicyclic) bond motifs is 1. The molecule has 0 spiro atoms. The third kappa shape index (κ3) is 1.36. The lowest BCUT2D eigenvalue weighted by Gasteiger charge is -1.94. The van der Waals surface area contributed by atoms with Crippen molar-refractivity contribution in [2.24, 2.45) is 0 Å². The molecule has 0 amide bonds. The fraction of sp³-hybridized carbons (Fsp3) is 0. The number of hydrogen-bond donors (Lipinski definition) is 2. The molecule has 5 heteroatoms. The van der Waals surface area contributed by atoms with E-state index in [0.717, 1.165) is 13.7 Å². The summed E-state index contributed by atoms with van der Waals surface area (Å²) in [5.41, 5.74) is 5.88. The van der Waals surface area contributed by atoms with Crippen molar-refractivity contribution in [3.05, 3.63) is 27.3 Å². The van der Waals surface area contributed by atoms with Crippen molar-refractivity contribution in [3.8, 4) is 0 Å². The number of carbonyl (C=O) groups is 1. The molecule has 0 aliphatic heterocycles. The van der Waals surface area contributed by atoms with Crippen molar-refractivity contribution in [2.75, 3.05) is 5.73 Å². The van der Waals surface area contributed by atoms with E-state index in [4.69, 9.17) is 10.8 Å². The molecule has 0 atom stereocenters. The van der Waals surface area contributed by atoms with Gasteiger partial charge in [0.2, 0.25) is 0 Å². The zero-order valence-corrected chi connectivity index (χ0v) is 9.93. The first-order valence-electron chi connectivity index (χ1n) is 3.81. The van der Waals surface area contributed by atoms with E-state index < -0.39 is 5.97 Å². The molecule has 0 aliphatic rings. The van der Waals surface area contributed by atoms with Crippen LogP contribution in [0.15, 0.2) is 18.2 Å². The molecule has 2 aromatic rings. The second kappa shape index (κ2) is 3.39. The molecule has 0 saturated heterocycles. The Morgan fingerprint density at radius 1 is 1.50 bits per heavy atom. The number of thiophene rings is 1. The van der Waals surface area contributed by atoms with Crippen LogP contribution in [-0.2, 0) is 0 Å². The summed E-state index contributed by atoms with van der Waals surface area (Å²) in [6.07, 6.45) is 0. The van der Waals surface area contributed by atoms with Gasteiger partial charge in [0.15, 0.2) is 0 Å². The van der Waals surface area contributed by atoms with E-state index in [1.54, 1.807) is 6.07 Å². The Bertz CT molecular complexity index is 521. The van der Waals surface area contributed by atoms with Crippen LogP contribution in [0, 0.1) is 3.57 Å². The van der Waals surface area contributed by atoms with Crippen molar-refractivity contribution in [1.82, 2.24) is 0 Å². The maximum Gasteiger partial charge on any atom is 0.339 e. The highest BCUT2D eigenvalue weighted by Gasteiger charge is 2.16. The molecule has 72 valence electrons. The summed E-state index contributed by atoms with van der Waals surface area (Å²) < 4.78 is 1.98. The lowest BCUT2D eigenvalue weighted by Crippen LogP contribution is -1.98. The maximum atomic E-state index is 10.9. The fourth-order valence-corrected chi connectivity index (χ4v) is 3.12. The summed E-state index contributed by atoms with van der Waals surface area (Å²) >= 11 is 3.50. The Balaban J connectivity index is 2.90. The van der Waals surface area contributed by atoms with Gasteiger partial charge in [-0.3, -0.25) is 0 Å². The van der Waals surface area contributed by atoms with E-state index in [0.29, 0.717) is 5.00 Å². The van der Waals surface area contributed by atoms with Crippen molar-refractivity contribution in [1.29, 1.82) is 0 Å². The fourth-order valence-electron chi connectivity index (χ4n) is 1.32. The zero-order valence-electron chi connectivity index (χ0n) is 6.95. The predicted molar refractivity (Wildman–Crippen MR) is 65.9 cm³/mol. The third-order valence-electron chi connectivity index (χ3n) is 1.91. The van der Waals surface area contributed by atoms with Crippen LogP contribution in [-0.4, -0.2) is 11.1 Å². The number of nitrogen functional groups attached to an aromatic ring is 1. The third-order valence-corrected chi connectivity index (χ3v) is 4.24. The van der Waals surface area contributed by atoms with Gasteiger partial charge in [-0.1, -0.05) is 12.1 Å². The summed E-state index contributed by atoms with van der Waals surface area (Å²) in [6.45, 7) is 0. The molecule has 0 bridgehead atoms. The number of rotatable bonds is 1. The van der Waals surface area contributed by atoms with Gasteiger partial charge < -0.3 is 10.8 Å². The van der Waals surface area contributed by atoms with Crippen LogP contribution in [0.25, 0.3) is 10.1 Å². The van der Waals surface area contributed by atoms with E-state index in [1.807, 2.05) is 12.1 Å². The van der Waals surface area contributed by atoms with Gasteiger partial charge in [0.1, 0.15) is 10.6 Å². The van der Waals surface area contributed by atoms with Crippen LogP contribution in [0.1, 0.15) is 10.4 Å². The lowest BCUT2D eigenvalue weighted by molar-refractivity contribution is 0.0700. The topological polar surface area (TPSA) is 63.3 Å². The summed E-state index contributed by atoms with van der Waals surface area (Å²) in [5.74, 6) is -0.962. The lowest BCUT2D eigenvalue weighted by atomic mass is 10.2. The summed E-state index contributed by atoms with van der Waals surface area (Å²) in [7, 11) is 0. The minimum absolute atomic E-state index is 0.225. The molecule has 1 heterocycles. The first kappa shape index (κ1) is 9.72. The van der Waals surface area contributed by atoms with E-state index in [-0.39, 0.29) is 5.56 Å². The van der Waals surface area contributed by atoms with E-state index in [1.165, 1.54) is 11.3 Å². The monoisotopic (exact) mass is 319 g/mol. The highest BCUT2D eigenvalue weighted by Crippen LogP contribution is 2.35. The van der Waals surface area contributed by atoms with Gasteiger partial charge in [-0.05, 0) is 28.7 Å². The van der Waals surface area contributed by atoms with Gasteiger partial charge in [0.05, 0.1) is 4.70 Å². The van der Waals surface area contributed by atoms with Crippen molar-refractivity contribution in [2.45, 2.75) is 0 Å². The molecule has 1 aromatic carbocycles. The molecule has 14 heavy (non-hydrogen) atoms. The molecular formula is C9H6INO2S. The number of carboxylic acids is 1. The molecule has 1 aromatic heterocycles. The van der Waals surface area contributed by atoms with E-state index in [9.17, 15) is 4.79 Å². The van der Waals surface area contributed by atoms with Crippen molar-refractivity contribution in [3.63, 3.8) is 0 Å². The number of carboxylic acid groups (broad SMARTS) is 1. The second-order valence-electron chi connectivity index (χ2n) is 2.76. The quantitative estimate of drug-likeness (QED) is 0.795. The zero-order chi connectivity index (χ0) is 10.3. The summed E-state index contributed by atoms with van der Waals surface area (Å²) in [4.78, 5) is 10.9. The van der Waals surface area contributed by atoms with Crippen molar-refractivity contribution < 1.29 is 9.90 Å². The average molecular weight is 319 g/mol. The van der Waals surface area contributed by atoms with E-state index >= 15 is 0 Å². The number of nitrogens with two attached hydrogens (primary N) is 1. The second-order valence-corrected chi connectivity index (χ2v) is 4.98. The molecular weight excluding hydrogens is 313 g/mol. The molecule has 0 saturated carbocycles. The molecule has 0 fully saturated rings. The summed E-state index contributed by atoms with van der Waals surface area (Å²) in [5, 5.41) is 10.1. The smallest absolute Gasteiger partial charge is 0.339 e. The standard InChI is InChI=1S/C9H6INO2S/c10-5-3-1-2-4-6(9(12)13)8(11)14-7(4)5/h1-3H,11H2,(H,12,13). The van der Waals surface area contributed by atoms with Crippen LogP contribution < -0.4 is 5.73 Å².